The minimum absolute atomic E-state index is 0.0496. The van der Waals surface area contributed by atoms with Crippen LogP contribution in [-0.4, -0.2) is 88.3 Å². The van der Waals surface area contributed by atoms with Crippen LogP contribution in [0, 0.1) is 0 Å². The summed E-state index contributed by atoms with van der Waals surface area (Å²) >= 11 is 7.39. The maximum Gasteiger partial charge on any atom is 0.347 e. The van der Waals surface area contributed by atoms with Crippen molar-refractivity contribution >= 4 is 35.2 Å². The van der Waals surface area contributed by atoms with Gasteiger partial charge in [-0.05, 0) is 24.6 Å². The summed E-state index contributed by atoms with van der Waals surface area (Å²) < 4.78 is 6.11. The smallest absolute Gasteiger partial charge is 0.347 e. The largest absolute Gasteiger partial charge is 0.477 e. The zero-order chi connectivity index (χ0) is 21.3. The Morgan fingerprint density at radius 3 is 2.79 bits per heavy atom. The third-order valence-electron chi connectivity index (χ3n) is 5.28. The molecular formula is C18H27ClN5O4S+. The molecule has 3 rings (SSSR count). The summed E-state index contributed by atoms with van der Waals surface area (Å²) in [6.07, 6.45) is 2.88. The lowest BCUT2D eigenvalue weighted by Gasteiger charge is -2.43. The number of H-pyrrole nitrogens is 1. The Bertz CT molecular complexity index is 827. The highest BCUT2D eigenvalue weighted by molar-refractivity contribution is 8.04. The van der Waals surface area contributed by atoms with Crippen LogP contribution in [-0.2, 0) is 16.0 Å². The molecule has 160 valence electrons. The van der Waals surface area contributed by atoms with Gasteiger partial charge < -0.3 is 20.1 Å². The van der Waals surface area contributed by atoms with E-state index < -0.39 is 5.97 Å². The van der Waals surface area contributed by atoms with Crippen LogP contribution in [0.1, 0.15) is 29.7 Å². The summed E-state index contributed by atoms with van der Waals surface area (Å²) in [6, 6.07) is -0.174. The number of aromatic nitrogens is 2. The molecule has 0 radical (unpaired) electrons. The van der Waals surface area contributed by atoms with E-state index in [9.17, 15) is 14.7 Å². The lowest BCUT2D eigenvalue weighted by atomic mass is 10.0. The van der Waals surface area contributed by atoms with Crippen LogP contribution < -0.4 is 5.32 Å². The summed E-state index contributed by atoms with van der Waals surface area (Å²) in [4.78, 5) is 33.6. The molecule has 3 atom stereocenters. The molecular weight excluding hydrogens is 418 g/mol. The van der Waals surface area contributed by atoms with E-state index >= 15 is 0 Å². The van der Waals surface area contributed by atoms with E-state index in [1.165, 1.54) is 11.8 Å². The Morgan fingerprint density at radius 1 is 1.52 bits per heavy atom. The molecule has 29 heavy (non-hydrogen) atoms. The van der Waals surface area contributed by atoms with Crippen LogP contribution in [0.15, 0.2) is 11.1 Å². The van der Waals surface area contributed by atoms with Gasteiger partial charge in [-0.3, -0.25) is 9.28 Å². The topological polar surface area (TPSA) is 108 Å². The highest BCUT2D eigenvalue weighted by atomic mass is 35.5. The van der Waals surface area contributed by atoms with Gasteiger partial charge in [-0.1, -0.05) is 18.5 Å². The number of carbonyl (C=O) groups is 2. The number of nitrogens with one attached hydrogen (secondary N) is 2. The molecule has 0 aliphatic carbocycles. The number of rotatable bonds is 6. The molecule has 1 aromatic heterocycles. The molecule has 0 aromatic carbocycles. The molecule has 0 bridgehead atoms. The number of aryl methyl sites for hydroxylation is 1. The Hall–Kier alpha value is -1.59. The van der Waals surface area contributed by atoms with Gasteiger partial charge in [0.2, 0.25) is 5.50 Å². The number of amides is 1. The fraction of sp³-hybridized carbons (Fsp3) is 0.611. The molecule has 1 amide bonds. The maximum absolute atomic E-state index is 12.6. The van der Waals surface area contributed by atoms with Crippen LogP contribution in [0.4, 0.5) is 0 Å². The minimum Gasteiger partial charge on any atom is -0.477 e. The Balaban J connectivity index is 1.65. The summed E-state index contributed by atoms with van der Waals surface area (Å²) in [5.41, 5.74) is 0.682. The number of halogens is 1. The number of hydrogen-bond acceptors (Lipinski definition) is 6. The number of aromatic amines is 1. The highest BCUT2D eigenvalue weighted by Crippen LogP contribution is 2.39. The number of nitrogens with zero attached hydrogens (tertiary/aromatic N) is 3. The standard InChI is InChI=1S/C18H26ClN5O4S/c1-5-10-14(19)22-15(20-10)16(25)21-11-6-7-23(8-12(11)28-4)18-24(2,3)9-13(29-18)17(26)27/h9,11-12,18H,5-8H2,1-4H3,(H2-,20,21,22,25,26,27)/p+1/t11-,12+,18?/m1/s1. The van der Waals surface area contributed by atoms with Gasteiger partial charge >= 0.3 is 5.97 Å². The van der Waals surface area contributed by atoms with Crippen molar-refractivity contribution < 1.29 is 23.9 Å². The summed E-state index contributed by atoms with van der Waals surface area (Å²) in [6.45, 7) is 3.23. The van der Waals surface area contributed by atoms with Crippen molar-refractivity contribution in [2.75, 3.05) is 34.3 Å². The van der Waals surface area contributed by atoms with E-state index in [1.807, 2.05) is 21.0 Å². The van der Waals surface area contributed by atoms with Crippen molar-refractivity contribution in [2.24, 2.45) is 0 Å². The van der Waals surface area contributed by atoms with Crippen LogP contribution in [0.25, 0.3) is 0 Å². The monoisotopic (exact) mass is 444 g/mol. The molecule has 1 unspecified atom stereocenters. The molecule has 3 heterocycles. The molecule has 1 aromatic rings. The van der Waals surface area contributed by atoms with Crippen LogP contribution >= 0.6 is 23.4 Å². The molecule has 0 spiro atoms. The SMILES string of the molecule is CCc1[nH]c(C(=O)N[C@@H]2CCN(C3SC(C(=O)O)=C[N+]3(C)C)C[C@@H]2OC)nc1Cl. The molecule has 1 fully saturated rings. The lowest BCUT2D eigenvalue weighted by molar-refractivity contribution is -0.859. The van der Waals surface area contributed by atoms with Gasteiger partial charge in [0.15, 0.2) is 15.9 Å². The second-order valence-electron chi connectivity index (χ2n) is 7.72. The first-order chi connectivity index (χ1) is 13.7. The van der Waals surface area contributed by atoms with Crippen molar-refractivity contribution in [3.05, 3.63) is 27.8 Å². The van der Waals surface area contributed by atoms with Gasteiger partial charge in [0.05, 0.1) is 31.9 Å². The highest BCUT2D eigenvalue weighted by Gasteiger charge is 2.45. The number of aliphatic carboxylic acids is 1. The summed E-state index contributed by atoms with van der Waals surface area (Å²) in [5.74, 6) is -1.02. The van der Waals surface area contributed by atoms with Crippen molar-refractivity contribution in [3.63, 3.8) is 0 Å². The molecule has 11 heteroatoms. The van der Waals surface area contributed by atoms with Crippen molar-refractivity contribution in [1.82, 2.24) is 20.2 Å². The quantitative estimate of drug-likeness (QED) is 0.570. The van der Waals surface area contributed by atoms with E-state index in [2.05, 4.69) is 20.2 Å². The number of quaternary nitrogens is 1. The van der Waals surface area contributed by atoms with Gasteiger partial charge in [-0.25, -0.2) is 14.7 Å². The second kappa shape index (κ2) is 8.65. The Morgan fingerprint density at radius 2 is 2.24 bits per heavy atom. The number of hydrogen-bond donors (Lipinski definition) is 3. The van der Waals surface area contributed by atoms with Crippen LogP contribution in [0.5, 0.6) is 0 Å². The first-order valence-corrected chi connectivity index (χ1v) is 10.7. The molecule has 3 N–H and O–H groups in total. The van der Waals surface area contributed by atoms with Crippen molar-refractivity contribution in [3.8, 4) is 0 Å². The molecule has 1 saturated heterocycles. The maximum atomic E-state index is 12.6. The van der Waals surface area contributed by atoms with Gasteiger partial charge in [0, 0.05) is 20.2 Å². The van der Waals surface area contributed by atoms with E-state index in [4.69, 9.17) is 16.3 Å². The second-order valence-corrected chi connectivity index (χ2v) is 9.17. The molecule has 2 aliphatic rings. The third kappa shape index (κ3) is 4.61. The van der Waals surface area contributed by atoms with E-state index in [1.54, 1.807) is 13.3 Å². The van der Waals surface area contributed by atoms with E-state index in [0.29, 0.717) is 40.5 Å². The average Bonchev–Trinajstić information content (AvgIpc) is 3.21. The Labute approximate surface area is 179 Å². The number of carboxylic acids is 1. The number of carbonyl (C=O) groups excluding carboxylic acids is 1. The third-order valence-corrected chi connectivity index (χ3v) is 7.18. The van der Waals surface area contributed by atoms with Crippen LogP contribution in [0.2, 0.25) is 5.15 Å². The first kappa shape index (κ1) is 22.1. The van der Waals surface area contributed by atoms with Gasteiger partial charge in [0.25, 0.3) is 5.91 Å². The number of thioether (sulfide) groups is 1. The van der Waals surface area contributed by atoms with Crippen LogP contribution in [0.3, 0.4) is 0 Å². The lowest BCUT2D eigenvalue weighted by Crippen LogP contribution is -2.60. The van der Waals surface area contributed by atoms with Gasteiger partial charge in [-0.15, -0.1) is 0 Å². The normalized spacial score (nSPS) is 26.9. The predicted octanol–water partition coefficient (Wildman–Crippen LogP) is 1.48. The zero-order valence-corrected chi connectivity index (χ0v) is 18.5. The predicted molar refractivity (Wildman–Crippen MR) is 110 cm³/mol. The molecule has 9 nitrogen and oxygen atoms in total. The number of carboxylic acid groups (broad SMARTS) is 1. The number of methoxy groups -OCH3 is 1. The minimum atomic E-state index is -0.905. The number of ether oxygens (including phenoxy) is 1. The number of likely N-dealkylation sites (tertiary alicyclic amines) is 1. The fourth-order valence-electron chi connectivity index (χ4n) is 3.76. The van der Waals surface area contributed by atoms with Gasteiger partial charge in [-0.2, -0.15) is 0 Å². The van der Waals surface area contributed by atoms with Gasteiger partial charge in [0.1, 0.15) is 6.20 Å². The summed E-state index contributed by atoms with van der Waals surface area (Å²) in [7, 11) is 5.58. The number of piperidine rings is 1. The average molecular weight is 445 g/mol. The van der Waals surface area contributed by atoms with Crippen molar-refractivity contribution in [2.45, 2.75) is 37.4 Å². The fourth-order valence-corrected chi connectivity index (χ4v) is 5.36. The van der Waals surface area contributed by atoms with E-state index in [-0.39, 0.29) is 29.4 Å². The molecule has 2 aliphatic heterocycles. The number of imidazole rings is 1. The van der Waals surface area contributed by atoms with E-state index in [0.717, 1.165) is 5.69 Å². The molecule has 0 saturated carbocycles. The Kier molecular flexibility index (Phi) is 6.59. The summed E-state index contributed by atoms with van der Waals surface area (Å²) in [5, 5.41) is 12.7. The van der Waals surface area contributed by atoms with Crippen molar-refractivity contribution in [1.29, 1.82) is 0 Å². The zero-order valence-electron chi connectivity index (χ0n) is 16.9. The first-order valence-electron chi connectivity index (χ1n) is 9.44.